The van der Waals surface area contributed by atoms with Gasteiger partial charge in [0.2, 0.25) is 0 Å². The first-order chi connectivity index (χ1) is 8.36. The fourth-order valence-electron chi connectivity index (χ4n) is 2.04. The van der Waals surface area contributed by atoms with E-state index in [0.717, 1.165) is 65.4 Å². The van der Waals surface area contributed by atoms with E-state index < -0.39 is 0 Å². The van der Waals surface area contributed by atoms with Gasteiger partial charge in [0, 0.05) is 39.4 Å². The highest BCUT2D eigenvalue weighted by Crippen LogP contribution is 2.07. The summed E-state index contributed by atoms with van der Waals surface area (Å²) in [5, 5.41) is 3.46. The molecule has 0 aromatic carbocycles. The van der Waals surface area contributed by atoms with E-state index in [0.29, 0.717) is 6.10 Å². The Hall–Kier alpha value is -0.160. The molecule has 0 aromatic rings. The van der Waals surface area contributed by atoms with Gasteiger partial charge in [-0.25, -0.2) is 0 Å². The van der Waals surface area contributed by atoms with E-state index in [2.05, 4.69) is 17.1 Å². The standard InChI is InChI=1S/C13H28N2O2/c1-3-13-12-15(9-11-17-13)8-7-14-6-5-10-16-4-2/h13-14H,3-12H2,1-2H3. The molecule has 4 heteroatoms. The van der Waals surface area contributed by atoms with Crippen LogP contribution in [0.15, 0.2) is 0 Å². The summed E-state index contributed by atoms with van der Waals surface area (Å²) in [6.07, 6.45) is 2.68. The van der Waals surface area contributed by atoms with Gasteiger partial charge in [0.1, 0.15) is 0 Å². The first-order valence-corrected chi connectivity index (χ1v) is 6.99. The topological polar surface area (TPSA) is 33.7 Å². The number of morpholine rings is 1. The molecule has 0 aliphatic carbocycles. The molecule has 0 amide bonds. The summed E-state index contributed by atoms with van der Waals surface area (Å²) in [5.41, 5.74) is 0. The van der Waals surface area contributed by atoms with Crippen molar-refractivity contribution in [2.75, 3.05) is 52.5 Å². The van der Waals surface area contributed by atoms with E-state index in [-0.39, 0.29) is 0 Å². The van der Waals surface area contributed by atoms with Crippen LogP contribution in [0.25, 0.3) is 0 Å². The molecule has 1 rings (SSSR count). The van der Waals surface area contributed by atoms with Crippen molar-refractivity contribution in [3.8, 4) is 0 Å². The minimum absolute atomic E-state index is 0.446. The van der Waals surface area contributed by atoms with Crippen LogP contribution in [0.3, 0.4) is 0 Å². The van der Waals surface area contributed by atoms with Crippen LogP contribution in [0.4, 0.5) is 0 Å². The van der Waals surface area contributed by atoms with E-state index in [1.807, 2.05) is 6.92 Å². The summed E-state index contributed by atoms with van der Waals surface area (Å²) >= 11 is 0. The van der Waals surface area contributed by atoms with Crippen LogP contribution in [-0.2, 0) is 9.47 Å². The second-order valence-electron chi connectivity index (χ2n) is 4.50. The molecule has 1 aliphatic heterocycles. The van der Waals surface area contributed by atoms with Gasteiger partial charge >= 0.3 is 0 Å². The average molecular weight is 244 g/mol. The molecule has 1 saturated heterocycles. The van der Waals surface area contributed by atoms with Crippen LogP contribution >= 0.6 is 0 Å². The maximum atomic E-state index is 5.65. The maximum absolute atomic E-state index is 5.65. The third-order valence-corrected chi connectivity index (χ3v) is 3.13. The fourth-order valence-corrected chi connectivity index (χ4v) is 2.04. The Morgan fingerprint density at radius 1 is 1.35 bits per heavy atom. The molecule has 0 spiro atoms. The Morgan fingerprint density at radius 3 is 3.00 bits per heavy atom. The number of nitrogens with zero attached hydrogens (tertiary/aromatic N) is 1. The van der Waals surface area contributed by atoms with Crippen molar-refractivity contribution in [1.29, 1.82) is 0 Å². The predicted molar refractivity (Wildman–Crippen MR) is 70.5 cm³/mol. The zero-order chi connectivity index (χ0) is 12.3. The first kappa shape index (κ1) is 14.9. The van der Waals surface area contributed by atoms with Gasteiger partial charge in [-0.15, -0.1) is 0 Å². The van der Waals surface area contributed by atoms with Crippen molar-refractivity contribution in [1.82, 2.24) is 10.2 Å². The van der Waals surface area contributed by atoms with Crippen LogP contribution in [0.5, 0.6) is 0 Å². The first-order valence-electron chi connectivity index (χ1n) is 6.99. The van der Waals surface area contributed by atoms with Gasteiger partial charge in [-0.3, -0.25) is 4.90 Å². The smallest absolute Gasteiger partial charge is 0.0700 e. The molecule has 1 fully saturated rings. The molecule has 0 saturated carbocycles. The monoisotopic (exact) mass is 244 g/mol. The highest BCUT2D eigenvalue weighted by molar-refractivity contribution is 4.70. The number of nitrogens with one attached hydrogen (secondary N) is 1. The van der Waals surface area contributed by atoms with Crippen LogP contribution in [0.1, 0.15) is 26.7 Å². The van der Waals surface area contributed by atoms with E-state index in [4.69, 9.17) is 9.47 Å². The molecule has 4 nitrogen and oxygen atoms in total. The molecule has 1 aliphatic rings. The molecule has 0 bridgehead atoms. The lowest BCUT2D eigenvalue weighted by atomic mass is 10.2. The van der Waals surface area contributed by atoms with Crippen molar-refractivity contribution in [2.45, 2.75) is 32.8 Å². The van der Waals surface area contributed by atoms with Gasteiger partial charge < -0.3 is 14.8 Å². The van der Waals surface area contributed by atoms with E-state index in [1.165, 1.54) is 0 Å². The van der Waals surface area contributed by atoms with Crippen LogP contribution in [-0.4, -0.2) is 63.5 Å². The largest absolute Gasteiger partial charge is 0.382 e. The molecular formula is C13H28N2O2. The predicted octanol–water partition coefficient (Wildman–Crippen LogP) is 1.11. The van der Waals surface area contributed by atoms with E-state index in [1.54, 1.807) is 0 Å². The molecule has 17 heavy (non-hydrogen) atoms. The Labute approximate surface area is 106 Å². The zero-order valence-electron chi connectivity index (χ0n) is 11.4. The second kappa shape index (κ2) is 9.83. The van der Waals surface area contributed by atoms with Gasteiger partial charge in [0.05, 0.1) is 12.7 Å². The number of hydrogen-bond donors (Lipinski definition) is 1. The summed E-state index contributed by atoms with van der Waals surface area (Å²) in [5.74, 6) is 0. The van der Waals surface area contributed by atoms with Crippen molar-refractivity contribution in [2.24, 2.45) is 0 Å². The summed E-state index contributed by atoms with van der Waals surface area (Å²) < 4.78 is 10.9. The third kappa shape index (κ3) is 6.99. The zero-order valence-corrected chi connectivity index (χ0v) is 11.4. The highest BCUT2D eigenvalue weighted by atomic mass is 16.5. The van der Waals surface area contributed by atoms with Crippen molar-refractivity contribution in [3.05, 3.63) is 0 Å². The third-order valence-electron chi connectivity index (χ3n) is 3.13. The number of rotatable bonds is 9. The molecule has 1 atom stereocenters. The van der Waals surface area contributed by atoms with Gasteiger partial charge in [-0.05, 0) is 26.3 Å². The van der Waals surface area contributed by atoms with Gasteiger partial charge in [0.15, 0.2) is 0 Å². The number of ether oxygens (including phenoxy) is 2. The lowest BCUT2D eigenvalue weighted by Crippen LogP contribution is -2.44. The Kier molecular flexibility index (Phi) is 8.61. The second-order valence-corrected chi connectivity index (χ2v) is 4.50. The van der Waals surface area contributed by atoms with E-state index in [9.17, 15) is 0 Å². The summed E-state index contributed by atoms with van der Waals surface area (Å²) in [6.45, 7) is 12.3. The highest BCUT2D eigenvalue weighted by Gasteiger charge is 2.17. The summed E-state index contributed by atoms with van der Waals surface area (Å²) in [7, 11) is 0. The normalized spacial score (nSPS) is 21.9. The minimum Gasteiger partial charge on any atom is -0.382 e. The molecule has 0 aromatic heterocycles. The molecular weight excluding hydrogens is 216 g/mol. The van der Waals surface area contributed by atoms with Crippen molar-refractivity contribution in [3.63, 3.8) is 0 Å². The van der Waals surface area contributed by atoms with Crippen molar-refractivity contribution < 1.29 is 9.47 Å². The molecule has 1 heterocycles. The Bertz CT molecular complexity index is 179. The number of hydrogen-bond acceptors (Lipinski definition) is 4. The Morgan fingerprint density at radius 2 is 2.24 bits per heavy atom. The molecule has 102 valence electrons. The van der Waals surface area contributed by atoms with Crippen molar-refractivity contribution >= 4 is 0 Å². The SMILES string of the molecule is CCOCCCNCCN1CCOC(CC)C1. The van der Waals surface area contributed by atoms with E-state index >= 15 is 0 Å². The van der Waals surface area contributed by atoms with Gasteiger partial charge in [-0.2, -0.15) is 0 Å². The molecule has 1 N–H and O–H groups in total. The lowest BCUT2D eigenvalue weighted by Gasteiger charge is -2.32. The minimum atomic E-state index is 0.446. The average Bonchev–Trinajstić information content (AvgIpc) is 2.38. The Balaban J connectivity index is 1.91. The summed E-state index contributed by atoms with van der Waals surface area (Å²) in [6, 6.07) is 0. The summed E-state index contributed by atoms with van der Waals surface area (Å²) in [4.78, 5) is 2.49. The van der Waals surface area contributed by atoms with Crippen LogP contribution in [0.2, 0.25) is 0 Å². The van der Waals surface area contributed by atoms with Crippen LogP contribution < -0.4 is 5.32 Å². The molecule has 1 unspecified atom stereocenters. The van der Waals surface area contributed by atoms with Gasteiger partial charge in [-0.1, -0.05) is 6.92 Å². The van der Waals surface area contributed by atoms with Gasteiger partial charge in [0.25, 0.3) is 0 Å². The quantitative estimate of drug-likeness (QED) is 0.616. The maximum Gasteiger partial charge on any atom is 0.0700 e. The lowest BCUT2D eigenvalue weighted by molar-refractivity contribution is -0.0290. The fraction of sp³-hybridized carbons (Fsp3) is 1.00. The molecule has 0 radical (unpaired) electrons. The van der Waals surface area contributed by atoms with Crippen LogP contribution in [0, 0.1) is 0 Å².